The fourth-order valence-electron chi connectivity index (χ4n) is 0.667. The van der Waals surface area contributed by atoms with Gasteiger partial charge in [0.05, 0.1) is 7.85 Å². The third-order valence-corrected chi connectivity index (χ3v) is 2.22. The summed E-state index contributed by atoms with van der Waals surface area (Å²) in [5, 5.41) is -0.416. The SMILES string of the molecule is CC.CC(=O)C(=O)Sc1ccccc1.[B]C(C)(C)C. The van der Waals surface area contributed by atoms with Crippen LogP contribution in [0.1, 0.15) is 41.5 Å². The molecule has 2 nitrogen and oxygen atoms in total. The molecule has 0 aliphatic carbocycles. The molecule has 104 valence electrons. The lowest BCUT2D eigenvalue weighted by Gasteiger charge is -2.05. The quantitative estimate of drug-likeness (QED) is 0.459. The van der Waals surface area contributed by atoms with Gasteiger partial charge in [0.2, 0.25) is 5.78 Å². The number of rotatable bonds is 2. The van der Waals surface area contributed by atoms with E-state index in [4.69, 9.17) is 7.85 Å². The minimum atomic E-state index is -0.416. The summed E-state index contributed by atoms with van der Waals surface area (Å²) in [5.41, 5.74) is 0. The van der Waals surface area contributed by atoms with E-state index in [2.05, 4.69) is 0 Å². The molecule has 0 fully saturated rings. The Morgan fingerprint density at radius 1 is 1.05 bits per heavy atom. The fraction of sp³-hybridized carbons (Fsp3) is 0.467. The Kier molecular flexibility index (Phi) is 11.6. The molecule has 0 unspecified atom stereocenters. The van der Waals surface area contributed by atoms with Crippen LogP contribution in [0.4, 0.5) is 0 Å². The zero-order valence-electron chi connectivity index (χ0n) is 12.7. The Hall–Kier alpha value is -1.03. The Labute approximate surface area is 122 Å². The topological polar surface area (TPSA) is 34.1 Å². The van der Waals surface area contributed by atoms with Gasteiger partial charge in [-0.05, 0) is 23.9 Å². The molecule has 0 spiro atoms. The molecule has 1 aromatic carbocycles. The molecule has 19 heavy (non-hydrogen) atoms. The highest BCUT2D eigenvalue weighted by molar-refractivity contribution is 8.15. The van der Waals surface area contributed by atoms with E-state index in [0.717, 1.165) is 16.7 Å². The van der Waals surface area contributed by atoms with Gasteiger partial charge in [0.25, 0.3) is 5.12 Å². The van der Waals surface area contributed by atoms with Gasteiger partial charge in [0.15, 0.2) is 0 Å². The normalized spacial score (nSPS) is 9.37. The van der Waals surface area contributed by atoms with Crippen molar-refractivity contribution in [3.05, 3.63) is 30.3 Å². The van der Waals surface area contributed by atoms with E-state index < -0.39 is 10.9 Å². The van der Waals surface area contributed by atoms with Crippen LogP contribution in [-0.4, -0.2) is 18.7 Å². The smallest absolute Gasteiger partial charge is 0.259 e. The van der Waals surface area contributed by atoms with E-state index in [-0.39, 0.29) is 5.31 Å². The first-order valence-electron chi connectivity index (χ1n) is 6.27. The molecule has 1 rings (SSSR count). The van der Waals surface area contributed by atoms with Crippen LogP contribution < -0.4 is 0 Å². The number of Topliss-reactive ketones (excluding diaryl/α,β-unsaturated/α-hetero) is 1. The molecule has 0 saturated carbocycles. The van der Waals surface area contributed by atoms with E-state index in [1.54, 1.807) is 12.1 Å². The molecule has 1 aromatic rings. The van der Waals surface area contributed by atoms with Gasteiger partial charge in [-0.3, -0.25) is 9.59 Å². The standard InChI is InChI=1S/C9H8O2S.C4H9B.C2H6/c1-7(10)9(11)12-8-5-3-2-4-6-8;1-4(2,3)5;1-2/h2-6H,1H3;1-3H3;1-2H3. The van der Waals surface area contributed by atoms with Crippen molar-refractivity contribution in [3.8, 4) is 0 Å². The lowest BCUT2D eigenvalue weighted by Crippen LogP contribution is -2.03. The highest BCUT2D eigenvalue weighted by atomic mass is 32.2. The van der Waals surface area contributed by atoms with Crippen LogP contribution in [-0.2, 0) is 9.59 Å². The van der Waals surface area contributed by atoms with Crippen LogP contribution in [0.3, 0.4) is 0 Å². The summed E-state index contributed by atoms with van der Waals surface area (Å²) in [6.07, 6.45) is 0. The highest BCUT2D eigenvalue weighted by Crippen LogP contribution is 2.17. The molecule has 0 N–H and O–H groups in total. The van der Waals surface area contributed by atoms with Crippen LogP contribution in [0.5, 0.6) is 0 Å². The second kappa shape index (κ2) is 10.9. The summed E-state index contributed by atoms with van der Waals surface area (Å²) < 4.78 is 0. The van der Waals surface area contributed by atoms with Crippen LogP contribution in [0.2, 0.25) is 5.31 Å². The van der Waals surface area contributed by atoms with Gasteiger partial charge in [-0.25, -0.2) is 0 Å². The molecule has 0 amide bonds. The van der Waals surface area contributed by atoms with Crippen molar-refractivity contribution in [3.63, 3.8) is 0 Å². The van der Waals surface area contributed by atoms with E-state index in [1.807, 2.05) is 52.8 Å². The van der Waals surface area contributed by atoms with Gasteiger partial charge >= 0.3 is 0 Å². The predicted octanol–water partition coefficient (Wildman–Crippen LogP) is 4.29. The third kappa shape index (κ3) is 17.0. The van der Waals surface area contributed by atoms with Crippen molar-refractivity contribution in [2.75, 3.05) is 0 Å². The second-order valence-corrected chi connectivity index (χ2v) is 5.67. The molecule has 4 heteroatoms. The molecule has 0 bridgehead atoms. The van der Waals surface area contributed by atoms with Gasteiger partial charge in [0.1, 0.15) is 0 Å². The lowest BCUT2D eigenvalue weighted by molar-refractivity contribution is -0.130. The van der Waals surface area contributed by atoms with Gasteiger partial charge in [-0.1, -0.05) is 58.1 Å². The molecular weight excluding hydrogens is 255 g/mol. The first kappa shape index (κ1) is 20.3. The Bertz CT molecular complexity index is 363. The zero-order valence-corrected chi connectivity index (χ0v) is 13.5. The van der Waals surface area contributed by atoms with Gasteiger partial charge in [0, 0.05) is 11.8 Å². The summed E-state index contributed by atoms with van der Waals surface area (Å²) in [7, 11) is 5.35. The minimum Gasteiger partial charge on any atom is -0.290 e. The molecule has 0 aromatic heterocycles. The number of benzene rings is 1. The number of hydrogen-bond acceptors (Lipinski definition) is 3. The van der Waals surface area contributed by atoms with Crippen molar-refractivity contribution < 1.29 is 9.59 Å². The van der Waals surface area contributed by atoms with Crippen molar-refractivity contribution in [1.82, 2.24) is 0 Å². The van der Waals surface area contributed by atoms with E-state index in [0.29, 0.717) is 0 Å². The number of hydrogen-bond donors (Lipinski definition) is 0. The largest absolute Gasteiger partial charge is 0.290 e. The second-order valence-electron chi connectivity index (χ2n) is 4.62. The number of ketones is 1. The van der Waals surface area contributed by atoms with Crippen molar-refractivity contribution in [1.29, 1.82) is 0 Å². The van der Waals surface area contributed by atoms with Gasteiger partial charge in [-0.15, -0.1) is 0 Å². The third-order valence-electron chi connectivity index (χ3n) is 1.24. The summed E-state index contributed by atoms with van der Waals surface area (Å²) in [4.78, 5) is 22.3. The Morgan fingerprint density at radius 2 is 1.42 bits per heavy atom. The summed E-state index contributed by atoms with van der Waals surface area (Å²) in [6.45, 7) is 11.2. The Balaban J connectivity index is 0. The molecule has 0 aliphatic heterocycles. The average molecular weight is 278 g/mol. The van der Waals surface area contributed by atoms with E-state index in [1.165, 1.54) is 6.92 Å². The maximum atomic E-state index is 10.9. The maximum absolute atomic E-state index is 10.9. The molecule has 0 aliphatic rings. The predicted molar refractivity (Wildman–Crippen MR) is 84.8 cm³/mol. The van der Waals surface area contributed by atoms with Gasteiger partial charge in [-0.2, -0.15) is 0 Å². The number of thioether (sulfide) groups is 1. The van der Waals surface area contributed by atoms with Crippen LogP contribution >= 0.6 is 11.8 Å². The molecule has 0 heterocycles. The Morgan fingerprint density at radius 3 is 1.74 bits per heavy atom. The van der Waals surface area contributed by atoms with Crippen molar-refractivity contribution in [2.45, 2.75) is 51.8 Å². The van der Waals surface area contributed by atoms with Gasteiger partial charge < -0.3 is 0 Å². The fourth-order valence-corrected chi connectivity index (χ4v) is 1.32. The molecule has 0 atom stereocenters. The molecular formula is C15H23BO2S. The molecule has 0 saturated heterocycles. The summed E-state index contributed by atoms with van der Waals surface area (Å²) in [6, 6.07) is 9.12. The first-order chi connectivity index (χ1) is 8.70. The first-order valence-corrected chi connectivity index (χ1v) is 7.08. The van der Waals surface area contributed by atoms with Crippen molar-refractivity contribution >= 4 is 30.5 Å². The van der Waals surface area contributed by atoms with Crippen LogP contribution in [0.25, 0.3) is 0 Å². The maximum Gasteiger partial charge on any atom is 0.259 e. The lowest BCUT2D eigenvalue weighted by atomic mass is 9.75. The monoisotopic (exact) mass is 278 g/mol. The van der Waals surface area contributed by atoms with E-state index >= 15 is 0 Å². The summed E-state index contributed by atoms with van der Waals surface area (Å²) in [5.74, 6) is -0.413. The van der Waals surface area contributed by atoms with Crippen LogP contribution in [0.15, 0.2) is 35.2 Å². The van der Waals surface area contributed by atoms with Crippen molar-refractivity contribution in [2.24, 2.45) is 0 Å². The van der Waals surface area contributed by atoms with E-state index in [9.17, 15) is 9.59 Å². The number of carbonyl (C=O) groups is 2. The minimum absolute atomic E-state index is 0. The average Bonchev–Trinajstić information content (AvgIpc) is 2.30. The summed E-state index contributed by atoms with van der Waals surface area (Å²) >= 11 is 0.963. The number of carbonyl (C=O) groups excluding carboxylic acids is 2. The van der Waals surface area contributed by atoms with Crippen LogP contribution in [0, 0.1) is 0 Å². The highest BCUT2D eigenvalue weighted by Gasteiger charge is 2.08. The molecule has 2 radical (unpaired) electrons. The zero-order chi connectivity index (χ0) is 15.5.